The van der Waals surface area contributed by atoms with Gasteiger partial charge in [-0.15, -0.1) is 23.5 Å². The molecular formula is C20H20N2O2S2. The number of benzene rings is 2. The van der Waals surface area contributed by atoms with Gasteiger partial charge in [0, 0.05) is 23.1 Å². The lowest BCUT2D eigenvalue weighted by Crippen LogP contribution is -2.27. The molecular weight excluding hydrogens is 364 g/mol. The highest BCUT2D eigenvalue weighted by molar-refractivity contribution is 8.19. The predicted molar refractivity (Wildman–Crippen MR) is 109 cm³/mol. The molecule has 0 radical (unpaired) electrons. The molecule has 134 valence electrons. The first-order valence-corrected chi connectivity index (χ1v) is 10.8. The standard InChI is InChI=1S/C20H20N2O2S2/c23-18(13-5-7-14(8-6-13)20-25-11-12-26-20)22-17-4-2-1-3-16(17)19(24)21-15-9-10-15/h1-8,15,20H,9-12H2,(H,21,24)(H,22,23). The SMILES string of the molecule is O=C(Nc1ccccc1C(=O)NC1CC1)c1ccc(C2SCCS2)cc1. The van der Waals surface area contributed by atoms with Gasteiger partial charge in [0.1, 0.15) is 0 Å². The molecule has 1 saturated carbocycles. The van der Waals surface area contributed by atoms with Gasteiger partial charge in [-0.3, -0.25) is 9.59 Å². The molecule has 4 nitrogen and oxygen atoms in total. The quantitative estimate of drug-likeness (QED) is 0.806. The van der Waals surface area contributed by atoms with Gasteiger partial charge in [-0.25, -0.2) is 0 Å². The van der Waals surface area contributed by atoms with Gasteiger partial charge in [0.05, 0.1) is 15.8 Å². The first-order valence-electron chi connectivity index (χ1n) is 8.75. The van der Waals surface area contributed by atoms with Crippen molar-refractivity contribution in [2.24, 2.45) is 0 Å². The van der Waals surface area contributed by atoms with Crippen LogP contribution in [0.3, 0.4) is 0 Å². The number of thioether (sulfide) groups is 2. The first-order chi connectivity index (χ1) is 12.7. The van der Waals surface area contributed by atoms with Crippen LogP contribution in [0, 0.1) is 0 Å². The van der Waals surface area contributed by atoms with E-state index in [1.54, 1.807) is 12.1 Å². The second-order valence-corrected chi connectivity index (χ2v) is 9.17. The molecule has 2 N–H and O–H groups in total. The van der Waals surface area contributed by atoms with E-state index in [9.17, 15) is 9.59 Å². The number of hydrogen-bond donors (Lipinski definition) is 2. The molecule has 1 heterocycles. The number of amides is 2. The molecule has 26 heavy (non-hydrogen) atoms. The minimum atomic E-state index is -0.199. The summed E-state index contributed by atoms with van der Waals surface area (Å²) in [5.41, 5.74) is 2.89. The van der Waals surface area contributed by atoms with E-state index >= 15 is 0 Å². The van der Waals surface area contributed by atoms with Gasteiger partial charge in [0.15, 0.2) is 0 Å². The van der Waals surface area contributed by atoms with E-state index in [0.29, 0.717) is 21.4 Å². The Morgan fingerprint density at radius 2 is 1.58 bits per heavy atom. The van der Waals surface area contributed by atoms with E-state index in [-0.39, 0.29) is 17.9 Å². The van der Waals surface area contributed by atoms with Crippen molar-refractivity contribution in [3.05, 3.63) is 65.2 Å². The van der Waals surface area contributed by atoms with Crippen molar-refractivity contribution in [2.45, 2.75) is 23.5 Å². The van der Waals surface area contributed by atoms with Crippen LogP contribution in [0.4, 0.5) is 5.69 Å². The van der Waals surface area contributed by atoms with Gasteiger partial charge in [-0.2, -0.15) is 0 Å². The van der Waals surface area contributed by atoms with Crippen LogP contribution in [0.25, 0.3) is 0 Å². The highest BCUT2D eigenvalue weighted by Gasteiger charge is 2.25. The summed E-state index contributed by atoms with van der Waals surface area (Å²) < 4.78 is 0.471. The van der Waals surface area contributed by atoms with Gasteiger partial charge in [-0.05, 0) is 42.7 Å². The summed E-state index contributed by atoms with van der Waals surface area (Å²) in [4.78, 5) is 25.0. The van der Waals surface area contributed by atoms with E-state index in [4.69, 9.17) is 0 Å². The third-order valence-electron chi connectivity index (χ3n) is 4.40. The van der Waals surface area contributed by atoms with Crippen molar-refractivity contribution in [1.82, 2.24) is 5.32 Å². The Labute approximate surface area is 161 Å². The Balaban J connectivity index is 1.46. The maximum absolute atomic E-state index is 12.6. The maximum Gasteiger partial charge on any atom is 0.255 e. The van der Waals surface area contributed by atoms with E-state index in [0.717, 1.165) is 12.8 Å². The molecule has 4 rings (SSSR count). The van der Waals surface area contributed by atoms with Crippen LogP contribution in [0.5, 0.6) is 0 Å². The lowest BCUT2D eigenvalue weighted by molar-refractivity contribution is 0.0952. The molecule has 2 aromatic carbocycles. The summed E-state index contributed by atoms with van der Waals surface area (Å²) in [6, 6.07) is 15.2. The maximum atomic E-state index is 12.6. The zero-order valence-corrected chi connectivity index (χ0v) is 15.9. The third-order valence-corrected chi connectivity index (χ3v) is 7.50. The van der Waals surface area contributed by atoms with Gasteiger partial charge in [0.2, 0.25) is 0 Å². The van der Waals surface area contributed by atoms with Crippen molar-refractivity contribution >= 4 is 41.0 Å². The Bertz CT molecular complexity index is 813. The van der Waals surface area contributed by atoms with Crippen LogP contribution in [0.2, 0.25) is 0 Å². The van der Waals surface area contributed by atoms with E-state index in [2.05, 4.69) is 10.6 Å². The molecule has 0 atom stereocenters. The fourth-order valence-electron chi connectivity index (χ4n) is 2.82. The number of nitrogens with one attached hydrogen (secondary N) is 2. The topological polar surface area (TPSA) is 58.2 Å². The van der Waals surface area contributed by atoms with Gasteiger partial charge in [-0.1, -0.05) is 24.3 Å². The number of hydrogen-bond acceptors (Lipinski definition) is 4. The van der Waals surface area contributed by atoms with Crippen molar-refractivity contribution in [3.63, 3.8) is 0 Å². The highest BCUT2D eigenvalue weighted by Crippen LogP contribution is 2.45. The monoisotopic (exact) mass is 384 g/mol. The molecule has 0 bridgehead atoms. The molecule has 0 unspecified atom stereocenters. The summed E-state index contributed by atoms with van der Waals surface area (Å²) in [6.07, 6.45) is 2.06. The predicted octanol–water partition coefficient (Wildman–Crippen LogP) is 4.31. The largest absolute Gasteiger partial charge is 0.349 e. The molecule has 0 spiro atoms. The average Bonchev–Trinajstić information content (AvgIpc) is 3.31. The average molecular weight is 385 g/mol. The second-order valence-electron chi connectivity index (χ2n) is 6.44. The molecule has 1 aliphatic heterocycles. The van der Waals surface area contributed by atoms with E-state index in [1.807, 2.05) is 59.9 Å². The molecule has 1 saturated heterocycles. The van der Waals surface area contributed by atoms with Crippen molar-refractivity contribution in [1.29, 1.82) is 0 Å². The fourth-order valence-corrected chi connectivity index (χ4v) is 5.68. The fraction of sp³-hybridized carbons (Fsp3) is 0.300. The molecule has 6 heteroatoms. The summed E-state index contributed by atoms with van der Waals surface area (Å²) in [5.74, 6) is 2.03. The summed E-state index contributed by atoms with van der Waals surface area (Å²) in [6.45, 7) is 0. The first kappa shape index (κ1) is 17.5. The Kier molecular flexibility index (Phi) is 5.22. The van der Waals surface area contributed by atoms with Gasteiger partial charge in [0.25, 0.3) is 11.8 Å². The number of carbonyl (C=O) groups is 2. The van der Waals surface area contributed by atoms with E-state index in [1.165, 1.54) is 17.1 Å². The van der Waals surface area contributed by atoms with Crippen molar-refractivity contribution in [3.8, 4) is 0 Å². The summed E-state index contributed by atoms with van der Waals surface area (Å²) >= 11 is 3.89. The van der Waals surface area contributed by atoms with Crippen LogP contribution >= 0.6 is 23.5 Å². The summed E-state index contributed by atoms with van der Waals surface area (Å²) in [7, 11) is 0. The van der Waals surface area contributed by atoms with Crippen LogP contribution in [0.1, 0.15) is 43.7 Å². The molecule has 0 aromatic heterocycles. The van der Waals surface area contributed by atoms with Gasteiger partial charge >= 0.3 is 0 Å². The second kappa shape index (κ2) is 7.76. The highest BCUT2D eigenvalue weighted by atomic mass is 32.2. The molecule has 2 aliphatic rings. The zero-order valence-electron chi connectivity index (χ0n) is 14.2. The Hall–Kier alpha value is -1.92. The summed E-state index contributed by atoms with van der Waals surface area (Å²) in [5, 5.41) is 5.85. The smallest absolute Gasteiger partial charge is 0.255 e. The minimum absolute atomic E-state index is 0.131. The number of carbonyl (C=O) groups excluding carboxylic acids is 2. The van der Waals surface area contributed by atoms with Crippen molar-refractivity contribution in [2.75, 3.05) is 16.8 Å². The van der Waals surface area contributed by atoms with Gasteiger partial charge < -0.3 is 10.6 Å². The molecule has 2 amide bonds. The lowest BCUT2D eigenvalue weighted by atomic mass is 10.1. The Morgan fingerprint density at radius 1 is 0.885 bits per heavy atom. The minimum Gasteiger partial charge on any atom is -0.349 e. The Morgan fingerprint density at radius 3 is 2.27 bits per heavy atom. The number of anilines is 1. The molecule has 1 aliphatic carbocycles. The normalized spacial score (nSPS) is 17.1. The third kappa shape index (κ3) is 4.07. The molecule has 2 aromatic rings. The van der Waals surface area contributed by atoms with Crippen LogP contribution in [0.15, 0.2) is 48.5 Å². The lowest BCUT2D eigenvalue weighted by Gasteiger charge is -2.12. The molecule has 2 fully saturated rings. The van der Waals surface area contributed by atoms with Crippen LogP contribution in [-0.4, -0.2) is 29.4 Å². The number of para-hydroxylation sites is 1. The van der Waals surface area contributed by atoms with E-state index < -0.39 is 0 Å². The zero-order chi connectivity index (χ0) is 17.9. The van der Waals surface area contributed by atoms with Crippen molar-refractivity contribution < 1.29 is 9.59 Å². The number of rotatable bonds is 5. The van der Waals surface area contributed by atoms with Crippen LogP contribution in [-0.2, 0) is 0 Å². The van der Waals surface area contributed by atoms with Crippen LogP contribution < -0.4 is 10.6 Å².